The first-order chi connectivity index (χ1) is 10.3. The summed E-state index contributed by atoms with van der Waals surface area (Å²) in [6, 6.07) is 2.49. The van der Waals surface area contributed by atoms with E-state index in [-0.39, 0.29) is 24.5 Å². The predicted octanol–water partition coefficient (Wildman–Crippen LogP) is 2.54. The van der Waals surface area contributed by atoms with Gasteiger partial charge in [-0.3, -0.25) is 9.59 Å². The fraction of sp³-hybridized carbons (Fsp3) is 0.500. The smallest absolute Gasteiger partial charge is 0.307 e. The van der Waals surface area contributed by atoms with Crippen LogP contribution in [0.5, 0.6) is 0 Å². The normalized spacial score (nSPS) is 15.1. The van der Waals surface area contributed by atoms with Crippen LogP contribution in [0, 0.1) is 23.5 Å². The average Bonchev–Trinajstić information content (AvgIpc) is 2.48. The van der Waals surface area contributed by atoms with Gasteiger partial charge in [-0.05, 0) is 30.0 Å². The van der Waals surface area contributed by atoms with Crippen molar-refractivity contribution >= 4 is 11.8 Å². The van der Waals surface area contributed by atoms with E-state index in [4.69, 9.17) is 5.73 Å². The van der Waals surface area contributed by atoms with Crippen LogP contribution in [-0.4, -0.2) is 22.9 Å². The lowest BCUT2D eigenvalue weighted by Gasteiger charge is -2.19. The van der Waals surface area contributed by atoms with Gasteiger partial charge in [0.25, 0.3) is 0 Å². The van der Waals surface area contributed by atoms with Crippen molar-refractivity contribution in [2.24, 2.45) is 17.6 Å². The summed E-state index contributed by atoms with van der Waals surface area (Å²) in [5, 5.41) is 9.22. The van der Waals surface area contributed by atoms with Gasteiger partial charge in [-0.1, -0.05) is 26.3 Å². The molecule has 22 heavy (non-hydrogen) atoms. The summed E-state index contributed by atoms with van der Waals surface area (Å²) in [4.78, 5) is 23.3. The molecular formula is C16H21F2NO3. The molecule has 1 aromatic rings. The van der Waals surface area contributed by atoms with Crippen LogP contribution in [0.15, 0.2) is 18.2 Å². The maximum Gasteiger partial charge on any atom is 0.307 e. The van der Waals surface area contributed by atoms with Crippen molar-refractivity contribution in [1.82, 2.24) is 0 Å². The van der Waals surface area contributed by atoms with Gasteiger partial charge in [0.15, 0.2) is 17.4 Å². The number of hydrogen-bond donors (Lipinski definition) is 2. The van der Waals surface area contributed by atoms with E-state index in [1.807, 2.05) is 13.8 Å². The molecule has 0 aliphatic carbocycles. The summed E-state index contributed by atoms with van der Waals surface area (Å²) in [5.41, 5.74) is 6.13. The van der Waals surface area contributed by atoms with E-state index >= 15 is 0 Å². The molecule has 1 rings (SSSR count). The minimum atomic E-state index is -1.16. The second-order valence-corrected chi connectivity index (χ2v) is 5.57. The Labute approximate surface area is 128 Å². The van der Waals surface area contributed by atoms with Crippen LogP contribution in [0.1, 0.15) is 32.3 Å². The van der Waals surface area contributed by atoms with Crippen LogP contribution < -0.4 is 5.73 Å². The van der Waals surface area contributed by atoms with Crippen molar-refractivity contribution in [2.75, 3.05) is 0 Å². The highest BCUT2D eigenvalue weighted by atomic mass is 19.2. The largest absolute Gasteiger partial charge is 0.481 e. The van der Waals surface area contributed by atoms with E-state index in [0.717, 1.165) is 12.1 Å². The number of hydrogen-bond acceptors (Lipinski definition) is 3. The number of aliphatic carboxylic acids is 1. The average molecular weight is 313 g/mol. The molecule has 0 heterocycles. The first-order valence-corrected chi connectivity index (χ1v) is 7.21. The Kier molecular flexibility index (Phi) is 6.61. The fourth-order valence-electron chi connectivity index (χ4n) is 2.15. The molecule has 1 aromatic carbocycles. The van der Waals surface area contributed by atoms with Crippen molar-refractivity contribution in [3.63, 3.8) is 0 Å². The summed E-state index contributed by atoms with van der Waals surface area (Å²) in [6.07, 6.45) is 0.444. The maximum atomic E-state index is 13.2. The van der Waals surface area contributed by atoms with Gasteiger partial charge in [0.05, 0.1) is 12.0 Å². The van der Waals surface area contributed by atoms with Crippen LogP contribution in [0.3, 0.4) is 0 Å². The molecule has 122 valence electrons. The third-order valence-corrected chi connectivity index (χ3v) is 3.89. The number of rotatable bonds is 8. The molecule has 0 radical (unpaired) electrons. The summed E-state index contributed by atoms with van der Waals surface area (Å²) in [5.74, 6) is -4.56. The molecule has 0 amide bonds. The lowest BCUT2D eigenvalue weighted by atomic mass is 9.88. The minimum absolute atomic E-state index is 0.0368. The summed E-state index contributed by atoms with van der Waals surface area (Å²) in [6.45, 7) is 3.72. The van der Waals surface area contributed by atoms with Gasteiger partial charge in [-0.15, -0.1) is 0 Å². The van der Waals surface area contributed by atoms with E-state index in [0.29, 0.717) is 12.0 Å². The lowest BCUT2D eigenvalue weighted by Crippen LogP contribution is -2.38. The van der Waals surface area contributed by atoms with Gasteiger partial charge in [0, 0.05) is 6.42 Å². The molecule has 3 N–H and O–H groups in total. The van der Waals surface area contributed by atoms with E-state index in [9.17, 15) is 23.5 Å². The van der Waals surface area contributed by atoms with Gasteiger partial charge in [0.1, 0.15) is 0 Å². The highest BCUT2D eigenvalue weighted by molar-refractivity contribution is 5.88. The van der Waals surface area contributed by atoms with Crippen molar-refractivity contribution in [2.45, 2.75) is 39.2 Å². The van der Waals surface area contributed by atoms with E-state index < -0.39 is 29.6 Å². The molecule has 0 aliphatic rings. The molecule has 0 fully saturated rings. The number of carboxylic acid groups (broad SMARTS) is 1. The standard InChI is InChI=1S/C16H21F2NO3/c1-3-9(2)15(19)14(20)8-11(16(21)22)6-10-4-5-12(17)13(18)7-10/h4-5,7,9,11,15H,3,6,8,19H2,1-2H3,(H,21,22)/t9-,11?,15-/m0/s1. The summed E-state index contributed by atoms with van der Waals surface area (Å²) < 4.78 is 26.0. The first kappa shape index (κ1) is 18.2. The topological polar surface area (TPSA) is 80.4 Å². The Morgan fingerprint density at radius 2 is 1.91 bits per heavy atom. The molecule has 3 atom stereocenters. The minimum Gasteiger partial charge on any atom is -0.481 e. The van der Waals surface area contributed by atoms with Crippen LogP contribution >= 0.6 is 0 Å². The van der Waals surface area contributed by atoms with Gasteiger partial charge in [-0.2, -0.15) is 0 Å². The van der Waals surface area contributed by atoms with Crippen LogP contribution in [0.25, 0.3) is 0 Å². The number of nitrogens with two attached hydrogens (primary N) is 1. The third-order valence-electron chi connectivity index (χ3n) is 3.89. The number of carbonyl (C=O) groups excluding carboxylic acids is 1. The monoisotopic (exact) mass is 313 g/mol. The molecule has 0 saturated carbocycles. The highest BCUT2D eigenvalue weighted by Gasteiger charge is 2.27. The molecule has 4 nitrogen and oxygen atoms in total. The highest BCUT2D eigenvalue weighted by Crippen LogP contribution is 2.18. The first-order valence-electron chi connectivity index (χ1n) is 7.21. The Hall–Kier alpha value is -1.82. The zero-order valence-electron chi connectivity index (χ0n) is 12.7. The van der Waals surface area contributed by atoms with Gasteiger partial charge < -0.3 is 10.8 Å². The summed E-state index contributed by atoms with van der Waals surface area (Å²) in [7, 11) is 0. The number of halogens is 2. The molecular weight excluding hydrogens is 292 g/mol. The van der Waals surface area contributed by atoms with E-state index in [1.54, 1.807) is 0 Å². The Bertz CT molecular complexity index is 548. The number of carboxylic acids is 1. The SMILES string of the molecule is CC[C@H](C)[C@H](N)C(=O)CC(Cc1ccc(F)c(F)c1)C(=O)O. The van der Waals surface area contributed by atoms with Crippen LogP contribution in [0.4, 0.5) is 8.78 Å². The molecule has 0 bridgehead atoms. The van der Waals surface area contributed by atoms with Crippen LogP contribution in [-0.2, 0) is 16.0 Å². The number of carbonyl (C=O) groups is 2. The molecule has 0 saturated heterocycles. The van der Waals surface area contributed by atoms with Crippen molar-refractivity contribution in [3.8, 4) is 0 Å². The zero-order valence-corrected chi connectivity index (χ0v) is 12.7. The lowest BCUT2D eigenvalue weighted by molar-refractivity contribution is -0.144. The second kappa shape index (κ2) is 7.98. The van der Waals surface area contributed by atoms with Crippen molar-refractivity contribution in [1.29, 1.82) is 0 Å². The molecule has 0 aromatic heterocycles. The molecule has 6 heteroatoms. The van der Waals surface area contributed by atoms with Gasteiger partial charge in [-0.25, -0.2) is 8.78 Å². The number of Topliss-reactive ketones (excluding diaryl/α,β-unsaturated/α-hetero) is 1. The Morgan fingerprint density at radius 1 is 1.27 bits per heavy atom. The van der Waals surface area contributed by atoms with E-state index in [1.165, 1.54) is 6.07 Å². The molecule has 1 unspecified atom stereocenters. The summed E-state index contributed by atoms with van der Waals surface area (Å²) >= 11 is 0. The fourth-order valence-corrected chi connectivity index (χ4v) is 2.15. The molecule has 0 spiro atoms. The van der Waals surface area contributed by atoms with Crippen LogP contribution in [0.2, 0.25) is 0 Å². The Morgan fingerprint density at radius 3 is 2.41 bits per heavy atom. The Balaban J connectivity index is 2.79. The van der Waals surface area contributed by atoms with E-state index in [2.05, 4.69) is 0 Å². The maximum absolute atomic E-state index is 13.2. The third kappa shape index (κ3) is 4.87. The zero-order chi connectivity index (χ0) is 16.9. The van der Waals surface area contributed by atoms with Gasteiger partial charge in [0.2, 0.25) is 0 Å². The van der Waals surface area contributed by atoms with Gasteiger partial charge >= 0.3 is 5.97 Å². The quantitative estimate of drug-likeness (QED) is 0.773. The number of ketones is 1. The van der Waals surface area contributed by atoms with Crippen molar-refractivity contribution < 1.29 is 23.5 Å². The molecule has 0 aliphatic heterocycles. The second-order valence-electron chi connectivity index (χ2n) is 5.57. The van der Waals surface area contributed by atoms with Crippen molar-refractivity contribution in [3.05, 3.63) is 35.4 Å². The number of benzene rings is 1. The predicted molar refractivity (Wildman–Crippen MR) is 78.2 cm³/mol.